The van der Waals surface area contributed by atoms with E-state index in [2.05, 4.69) is 49.2 Å². The fraction of sp³-hybridized carbons (Fsp3) is 0.320. The highest BCUT2D eigenvalue weighted by Gasteiger charge is 2.18. The number of H-pyrrole nitrogens is 1. The molecule has 1 atom stereocenters. The molecule has 0 aliphatic carbocycles. The van der Waals surface area contributed by atoms with Gasteiger partial charge in [0, 0.05) is 49.4 Å². The van der Waals surface area contributed by atoms with Gasteiger partial charge in [-0.1, -0.05) is 6.07 Å². The van der Waals surface area contributed by atoms with Gasteiger partial charge in [0.05, 0.1) is 30.5 Å². The standard InChI is InChI=1S/C25H27N7O3/c1-3-34-25(33)31-24-29-21-12-18(11-20(22(21)30-24)23-26-7-4-8-27-23)17-5-6-19(28-13-17)15-32-9-10-35-16(2)14-32/h4-8,11-13,16H,3,9-10,14-15H2,1-2H3,(H2,29,30,31,33). The quantitative estimate of drug-likeness (QED) is 0.433. The lowest BCUT2D eigenvalue weighted by atomic mass is 10.0. The number of hydrogen-bond acceptors (Lipinski definition) is 8. The van der Waals surface area contributed by atoms with Crippen LogP contribution in [0.1, 0.15) is 19.5 Å². The van der Waals surface area contributed by atoms with Gasteiger partial charge in [-0.2, -0.15) is 0 Å². The summed E-state index contributed by atoms with van der Waals surface area (Å²) in [6.07, 6.45) is 4.93. The molecule has 3 aromatic heterocycles. The second kappa shape index (κ2) is 10.2. The number of aromatic amines is 1. The van der Waals surface area contributed by atoms with Crippen LogP contribution in [0.15, 0.2) is 48.9 Å². The summed E-state index contributed by atoms with van der Waals surface area (Å²) in [6.45, 7) is 7.47. The molecule has 0 bridgehead atoms. The maximum Gasteiger partial charge on any atom is 0.413 e. The summed E-state index contributed by atoms with van der Waals surface area (Å²) in [4.78, 5) is 35.5. The fourth-order valence-electron chi connectivity index (χ4n) is 4.17. The van der Waals surface area contributed by atoms with Crippen LogP contribution in [0.25, 0.3) is 33.5 Å². The van der Waals surface area contributed by atoms with E-state index in [1.54, 1.807) is 25.4 Å². The van der Waals surface area contributed by atoms with Gasteiger partial charge >= 0.3 is 6.09 Å². The van der Waals surface area contributed by atoms with E-state index in [1.807, 2.05) is 18.3 Å². The van der Waals surface area contributed by atoms with Gasteiger partial charge in [0.25, 0.3) is 0 Å². The number of nitrogens with one attached hydrogen (secondary N) is 2. The molecule has 0 radical (unpaired) electrons. The fourth-order valence-corrected chi connectivity index (χ4v) is 4.17. The number of morpholine rings is 1. The summed E-state index contributed by atoms with van der Waals surface area (Å²) < 4.78 is 10.6. The smallest absolute Gasteiger partial charge is 0.413 e. The topological polar surface area (TPSA) is 118 Å². The summed E-state index contributed by atoms with van der Waals surface area (Å²) in [5.74, 6) is 0.834. The Bertz CT molecular complexity index is 1310. The van der Waals surface area contributed by atoms with Gasteiger partial charge in [-0.3, -0.25) is 15.2 Å². The van der Waals surface area contributed by atoms with Crippen molar-refractivity contribution in [2.45, 2.75) is 26.5 Å². The van der Waals surface area contributed by atoms with Crippen molar-refractivity contribution in [3.05, 3.63) is 54.6 Å². The van der Waals surface area contributed by atoms with Crippen LogP contribution in [-0.2, 0) is 16.0 Å². The Labute approximate surface area is 202 Å². The predicted octanol–water partition coefficient (Wildman–Crippen LogP) is 3.87. The summed E-state index contributed by atoms with van der Waals surface area (Å²) in [6, 6.07) is 9.86. The number of ether oxygens (including phenoxy) is 2. The Morgan fingerprint density at radius 2 is 2.09 bits per heavy atom. The van der Waals surface area contributed by atoms with Crippen molar-refractivity contribution in [3.63, 3.8) is 0 Å². The number of carbonyl (C=O) groups excluding carboxylic acids is 1. The van der Waals surface area contributed by atoms with Crippen molar-refractivity contribution >= 4 is 23.1 Å². The molecule has 35 heavy (non-hydrogen) atoms. The first-order valence-corrected chi connectivity index (χ1v) is 11.6. The molecule has 2 N–H and O–H groups in total. The third kappa shape index (κ3) is 5.28. The monoisotopic (exact) mass is 473 g/mol. The SMILES string of the molecule is CCOC(=O)Nc1nc2c(-c3ncccn3)cc(-c3ccc(CN4CCOC(C)C4)nc3)cc2[nH]1. The zero-order valence-corrected chi connectivity index (χ0v) is 19.7. The Morgan fingerprint density at radius 3 is 2.83 bits per heavy atom. The Hall–Kier alpha value is -3.89. The maximum atomic E-state index is 11.9. The summed E-state index contributed by atoms with van der Waals surface area (Å²) in [7, 11) is 0. The summed E-state index contributed by atoms with van der Waals surface area (Å²) in [5, 5.41) is 2.62. The van der Waals surface area contributed by atoms with Crippen LogP contribution in [0.4, 0.5) is 10.7 Å². The van der Waals surface area contributed by atoms with E-state index in [4.69, 9.17) is 14.5 Å². The Morgan fingerprint density at radius 1 is 1.23 bits per heavy atom. The van der Waals surface area contributed by atoms with Gasteiger partial charge < -0.3 is 14.5 Å². The van der Waals surface area contributed by atoms with Crippen LogP contribution in [0, 0.1) is 0 Å². The highest BCUT2D eigenvalue weighted by molar-refractivity contribution is 5.96. The largest absolute Gasteiger partial charge is 0.450 e. The molecule has 0 saturated carbocycles. The first kappa shape index (κ1) is 22.9. The number of carbonyl (C=O) groups is 1. The number of aromatic nitrogens is 5. The van der Waals surface area contributed by atoms with Crippen molar-refractivity contribution < 1.29 is 14.3 Å². The van der Waals surface area contributed by atoms with E-state index in [0.29, 0.717) is 17.3 Å². The van der Waals surface area contributed by atoms with E-state index in [1.165, 1.54) is 0 Å². The summed E-state index contributed by atoms with van der Waals surface area (Å²) >= 11 is 0. The molecule has 180 valence electrons. The number of imidazole rings is 1. The first-order chi connectivity index (χ1) is 17.1. The van der Waals surface area contributed by atoms with E-state index < -0.39 is 6.09 Å². The minimum atomic E-state index is -0.571. The van der Waals surface area contributed by atoms with Gasteiger partial charge in [0.1, 0.15) is 5.52 Å². The Kier molecular flexibility index (Phi) is 6.64. The number of rotatable bonds is 6. The van der Waals surface area contributed by atoms with Crippen LogP contribution in [0.3, 0.4) is 0 Å². The van der Waals surface area contributed by atoms with Gasteiger partial charge in [-0.05, 0) is 43.7 Å². The average Bonchev–Trinajstić information content (AvgIpc) is 3.27. The molecule has 1 fully saturated rings. The molecule has 4 heterocycles. The molecule has 1 aliphatic rings. The van der Waals surface area contributed by atoms with Crippen LogP contribution >= 0.6 is 0 Å². The van der Waals surface area contributed by atoms with Gasteiger partial charge in [0.2, 0.25) is 5.95 Å². The average molecular weight is 474 g/mol. The number of nitrogens with zero attached hydrogens (tertiary/aromatic N) is 5. The first-order valence-electron chi connectivity index (χ1n) is 11.6. The van der Waals surface area contributed by atoms with Crippen molar-refractivity contribution in [2.75, 3.05) is 31.6 Å². The minimum absolute atomic E-state index is 0.242. The molecule has 4 aromatic rings. The second-order valence-corrected chi connectivity index (χ2v) is 8.38. The summed E-state index contributed by atoms with van der Waals surface area (Å²) in [5.41, 5.74) is 5.04. The molecule has 1 amide bonds. The van der Waals surface area contributed by atoms with Crippen molar-refractivity contribution in [2.24, 2.45) is 0 Å². The number of benzene rings is 1. The van der Waals surface area contributed by atoms with Gasteiger partial charge in [-0.15, -0.1) is 0 Å². The van der Waals surface area contributed by atoms with Crippen molar-refractivity contribution in [1.29, 1.82) is 0 Å². The normalized spacial score (nSPS) is 16.3. The van der Waals surface area contributed by atoms with Crippen LogP contribution in [-0.4, -0.2) is 68.3 Å². The zero-order chi connectivity index (χ0) is 24.2. The highest BCUT2D eigenvalue weighted by atomic mass is 16.5. The molecule has 0 spiro atoms. The number of pyridine rings is 1. The Balaban J connectivity index is 1.47. The number of fused-ring (bicyclic) bond motifs is 1. The van der Waals surface area contributed by atoms with Crippen LogP contribution < -0.4 is 5.32 Å². The molecular weight excluding hydrogens is 446 g/mol. The third-order valence-corrected chi connectivity index (χ3v) is 5.76. The van der Waals surface area contributed by atoms with Gasteiger partial charge in [-0.25, -0.2) is 19.7 Å². The van der Waals surface area contributed by atoms with Crippen LogP contribution in [0.2, 0.25) is 0 Å². The second-order valence-electron chi connectivity index (χ2n) is 8.38. The number of anilines is 1. The lowest BCUT2D eigenvalue weighted by Crippen LogP contribution is -2.40. The lowest BCUT2D eigenvalue weighted by Gasteiger charge is -2.30. The van der Waals surface area contributed by atoms with E-state index in [-0.39, 0.29) is 12.7 Å². The molecule has 10 nitrogen and oxygen atoms in total. The van der Waals surface area contributed by atoms with Gasteiger partial charge in [0.15, 0.2) is 5.82 Å². The lowest BCUT2D eigenvalue weighted by molar-refractivity contribution is -0.0215. The van der Waals surface area contributed by atoms with Crippen molar-refractivity contribution in [1.82, 2.24) is 29.8 Å². The van der Waals surface area contributed by atoms with E-state index >= 15 is 0 Å². The van der Waals surface area contributed by atoms with E-state index in [9.17, 15) is 4.79 Å². The minimum Gasteiger partial charge on any atom is -0.450 e. The highest BCUT2D eigenvalue weighted by Crippen LogP contribution is 2.32. The molecule has 1 unspecified atom stereocenters. The molecule has 1 aromatic carbocycles. The molecular formula is C25H27N7O3. The number of hydrogen-bond donors (Lipinski definition) is 2. The third-order valence-electron chi connectivity index (χ3n) is 5.76. The van der Waals surface area contributed by atoms with Crippen LogP contribution in [0.5, 0.6) is 0 Å². The molecule has 10 heteroatoms. The predicted molar refractivity (Wildman–Crippen MR) is 132 cm³/mol. The zero-order valence-electron chi connectivity index (χ0n) is 19.7. The number of amides is 1. The molecule has 5 rings (SSSR count). The molecule has 1 saturated heterocycles. The van der Waals surface area contributed by atoms with Crippen molar-refractivity contribution in [3.8, 4) is 22.5 Å². The van der Waals surface area contributed by atoms with E-state index in [0.717, 1.165) is 54.1 Å². The molecule has 1 aliphatic heterocycles. The maximum absolute atomic E-state index is 11.9.